The minimum atomic E-state index is -0.847. The maximum atomic E-state index is 11.0. The Kier molecular flexibility index (Phi) is 4.02. The lowest BCUT2D eigenvalue weighted by Crippen LogP contribution is -2.18. The summed E-state index contributed by atoms with van der Waals surface area (Å²) in [5, 5.41) is 9.04. The number of hydrogen-bond acceptors (Lipinski definition) is 2. The first kappa shape index (κ1) is 13.8. The molecule has 21 heavy (non-hydrogen) atoms. The Labute approximate surface area is 124 Å². The van der Waals surface area contributed by atoms with Crippen molar-refractivity contribution in [1.82, 2.24) is 4.90 Å². The summed E-state index contributed by atoms with van der Waals surface area (Å²) in [6, 6.07) is 16.0. The molecule has 0 aromatic heterocycles. The Morgan fingerprint density at radius 1 is 1.05 bits per heavy atom. The van der Waals surface area contributed by atoms with Crippen LogP contribution in [0, 0.1) is 0 Å². The molecular weight excluding hydrogens is 262 g/mol. The van der Waals surface area contributed by atoms with Crippen molar-refractivity contribution in [2.45, 2.75) is 25.9 Å². The Morgan fingerprint density at radius 3 is 2.57 bits per heavy atom. The zero-order chi connectivity index (χ0) is 14.7. The molecule has 0 amide bonds. The summed E-state index contributed by atoms with van der Waals surface area (Å²) >= 11 is 0. The van der Waals surface area contributed by atoms with E-state index in [0.29, 0.717) is 5.56 Å². The van der Waals surface area contributed by atoms with E-state index in [0.717, 1.165) is 38.0 Å². The molecule has 1 N–H and O–H groups in total. The second-order valence-electron chi connectivity index (χ2n) is 5.59. The van der Waals surface area contributed by atoms with Gasteiger partial charge in [-0.15, -0.1) is 0 Å². The third-order valence-corrected chi connectivity index (χ3v) is 4.02. The van der Waals surface area contributed by atoms with Gasteiger partial charge >= 0.3 is 5.97 Å². The maximum absolute atomic E-state index is 11.0. The molecule has 0 bridgehead atoms. The fourth-order valence-corrected chi connectivity index (χ4v) is 2.91. The number of carboxylic acids is 1. The molecule has 0 atom stereocenters. The van der Waals surface area contributed by atoms with Gasteiger partial charge in [-0.05, 0) is 48.2 Å². The van der Waals surface area contributed by atoms with Gasteiger partial charge in [0.2, 0.25) is 0 Å². The highest BCUT2D eigenvalue weighted by Crippen LogP contribution is 2.24. The van der Waals surface area contributed by atoms with E-state index in [1.54, 1.807) is 6.07 Å². The summed E-state index contributed by atoms with van der Waals surface area (Å²) in [6.07, 6.45) is 2.22. The molecule has 2 aromatic carbocycles. The molecule has 3 nitrogen and oxygen atoms in total. The van der Waals surface area contributed by atoms with Crippen LogP contribution in [0.4, 0.5) is 0 Å². The van der Waals surface area contributed by atoms with Crippen molar-refractivity contribution < 1.29 is 9.90 Å². The lowest BCUT2D eigenvalue weighted by atomic mass is 10.1. The molecule has 0 radical (unpaired) electrons. The number of carboxylic acid groups (broad SMARTS) is 1. The van der Waals surface area contributed by atoms with Crippen molar-refractivity contribution >= 4 is 5.97 Å². The van der Waals surface area contributed by atoms with Gasteiger partial charge in [0, 0.05) is 13.1 Å². The van der Waals surface area contributed by atoms with Gasteiger partial charge in [-0.1, -0.05) is 36.4 Å². The molecule has 0 fully saturated rings. The number of benzene rings is 2. The summed E-state index contributed by atoms with van der Waals surface area (Å²) in [5.74, 6) is -0.847. The van der Waals surface area contributed by atoms with Gasteiger partial charge in [0.1, 0.15) is 0 Å². The highest BCUT2D eigenvalue weighted by molar-refractivity contribution is 5.87. The van der Waals surface area contributed by atoms with Crippen LogP contribution >= 0.6 is 0 Å². The zero-order valence-corrected chi connectivity index (χ0v) is 12.0. The summed E-state index contributed by atoms with van der Waals surface area (Å²) in [4.78, 5) is 13.4. The molecule has 2 aromatic rings. The third-order valence-electron chi connectivity index (χ3n) is 4.02. The van der Waals surface area contributed by atoms with Crippen LogP contribution < -0.4 is 0 Å². The van der Waals surface area contributed by atoms with Crippen molar-refractivity contribution in [2.24, 2.45) is 0 Å². The fraction of sp³-hybridized carbons (Fsp3) is 0.278. The van der Waals surface area contributed by atoms with Gasteiger partial charge in [0.25, 0.3) is 0 Å². The van der Waals surface area contributed by atoms with E-state index in [-0.39, 0.29) is 0 Å². The summed E-state index contributed by atoms with van der Waals surface area (Å²) in [6.45, 7) is 2.85. The van der Waals surface area contributed by atoms with E-state index in [9.17, 15) is 4.79 Å². The van der Waals surface area contributed by atoms with Crippen LogP contribution in [0.25, 0.3) is 0 Å². The van der Waals surface area contributed by atoms with Crippen LogP contribution in [0.15, 0.2) is 48.5 Å². The number of fused-ring (bicyclic) bond motifs is 1. The van der Waals surface area contributed by atoms with Gasteiger partial charge in [0.05, 0.1) is 5.56 Å². The van der Waals surface area contributed by atoms with Crippen LogP contribution in [-0.4, -0.2) is 22.5 Å². The van der Waals surface area contributed by atoms with Crippen molar-refractivity contribution in [3.8, 4) is 0 Å². The van der Waals surface area contributed by atoms with E-state index in [2.05, 4.69) is 29.2 Å². The van der Waals surface area contributed by atoms with Gasteiger partial charge in [-0.3, -0.25) is 4.90 Å². The molecule has 1 heterocycles. The lowest BCUT2D eigenvalue weighted by molar-refractivity contribution is 0.0696. The second kappa shape index (κ2) is 6.10. The normalized spacial score (nSPS) is 14.1. The zero-order valence-electron chi connectivity index (χ0n) is 12.0. The monoisotopic (exact) mass is 281 g/mol. The molecule has 3 heteroatoms. The van der Waals surface area contributed by atoms with E-state index in [1.807, 2.05) is 18.2 Å². The number of nitrogens with zero attached hydrogens (tertiary/aromatic N) is 1. The first-order valence-electron chi connectivity index (χ1n) is 7.34. The highest BCUT2D eigenvalue weighted by atomic mass is 16.4. The van der Waals surface area contributed by atoms with Crippen LogP contribution in [-0.2, 0) is 19.5 Å². The average Bonchev–Trinajstić information content (AvgIpc) is 2.90. The van der Waals surface area contributed by atoms with Crippen molar-refractivity contribution in [2.75, 3.05) is 6.54 Å². The van der Waals surface area contributed by atoms with E-state index >= 15 is 0 Å². The Balaban J connectivity index is 1.54. The molecule has 0 saturated carbocycles. The summed E-state index contributed by atoms with van der Waals surface area (Å²) in [7, 11) is 0. The average molecular weight is 281 g/mol. The van der Waals surface area contributed by atoms with Crippen LogP contribution in [0.5, 0.6) is 0 Å². The minimum Gasteiger partial charge on any atom is -0.478 e. The van der Waals surface area contributed by atoms with E-state index in [4.69, 9.17) is 5.11 Å². The Morgan fingerprint density at radius 2 is 1.81 bits per heavy atom. The van der Waals surface area contributed by atoms with Gasteiger partial charge < -0.3 is 5.11 Å². The number of hydrogen-bond donors (Lipinski definition) is 1. The molecule has 0 aliphatic carbocycles. The second-order valence-corrected chi connectivity index (χ2v) is 5.59. The van der Waals surface area contributed by atoms with Crippen molar-refractivity contribution in [3.05, 3.63) is 70.8 Å². The SMILES string of the molecule is O=C(O)c1ccc2c(c1)CN(CCCc1ccccc1)C2. The number of carbonyl (C=O) groups is 1. The van der Waals surface area contributed by atoms with E-state index in [1.165, 1.54) is 11.1 Å². The summed E-state index contributed by atoms with van der Waals surface area (Å²) in [5.41, 5.74) is 4.19. The number of rotatable bonds is 5. The molecule has 1 aliphatic heterocycles. The van der Waals surface area contributed by atoms with Crippen LogP contribution in [0.1, 0.15) is 33.5 Å². The molecule has 0 unspecified atom stereocenters. The molecule has 0 spiro atoms. The molecule has 1 aliphatic rings. The van der Waals surface area contributed by atoms with Gasteiger partial charge in [-0.2, -0.15) is 0 Å². The number of aryl methyl sites for hydroxylation is 1. The Hall–Kier alpha value is -2.13. The van der Waals surface area contributed by atoms with Gasteiger partial charge in [0.15, 0.2) is 0 Å². The predicted molar refractivity (Wildman–Crippen MR) is 82.3 cm³/mol. The largest absolute Gasteiger partial charge is 0.478 e. The third kappa shape index (κ3) is 3.31. The smallest absolute Gasteiger partial charge is 0.335 e. The number of aromatic carboxylic acids is 1. The lowest BCUT2D eigenvalue weighted by Gasteiger charge is -2.14. The molecule has 3 rings (SSSR count). The molecule has 0 saturated heterocycles. The highest BCUT2D eigenvalue weighted by Gasteiger charge is 2.19. The van der Waals surface area contributed by atoms with Crippen molar-refractivity contribution in [3.63, 3.8) is 0 Å². The first-order valence-corrected chi connectivity index (χ1v) is 7.34. The minimum absolute atomic E-state index is 0.389. The standard InChI is InChI=1S/C18H19NO2/c20-18(21)15-8-9-16-12-19(13-17(16)11-15)10-4-7-14-5-2-1-3-6-14/h1-3,5-6,8-9,11H,4,7,10,12-13H2,(H,20,21). The van der Waals surface area contributed by atoms with Crippen LogP contribution in [0.3, 0.4) is 0 Å². The molecule has 108 valence electrons. The fourth-order valence-electron chi connectivity index (χ4n) is 2.91. The predicted octanol–water partition coefficient (Wildman–Crippen LogP) is 3.33. The maximum Gasteiger partial charge on any atom is 0.335 e. The topological polar surface area (TPSA) is 40.5 Å². The quantitative estimate of drug-likeness (QED) is 0.914. The van der Waals surface area contributed by atoms with E-state index < -0.39 is 5.97 Å². The van der Waals surface area contributed by atoms with Crippen molar-refractivity contribution in [1.29, 1.82) is 0 Å². The van der Waals surface area contributed by atoms with Crippen LogP contribution in [0.2, 0.25) is 0 Å². The first-order chi connectivity index (χ1) is 10.2. The Bertz CT molecular complexity index is 637. The molecular formula is C18H19NO2. The van der Waals surface area contributed by atoms with Gasteiger partial charge in [-0.25, -0.2) is 4.79 Å². The summed E-state index contributed by atoms with van der Waals surface area (Å²) < 4.78 is 0.